The predicted octanol–water partition coefficient (Wildman–Crippen LogP) is 3.17. The van der Waals surface area contributed by atoms with E-state index in [1.165, 1.54) is 11.8 Å². The molecule has 0 aromatic heterocycles. The second kappa shape index (κ2) is 6.48. The summed E-state index contributed by atoms with van der Waals surface area (Å²) < 4.78 is 6.29. The quantitative estimate of drug-likeness (QED) is 0.794. The van der Waals surface area contributed by atoms with E-state index in [2.05, 4.69) is 15.9 Å². The number of ether oxygens (including phenoxy) is 1. The molecule has 0 N–H and O–H groups in total. The summed E-state index contributed by atoms with van der Waals surface area (Å²) in [6, 6.07) is 5.83. The lowest BCUT2D eigenvalue weighted by Gasteiger charge is -2.15. The lowest BCUT2D eigenvalue weighted by Crippen LogP contribution is -2.29. The fourth-order valence-corrected chi connectivity index (χ4v) is 3.44. The Labute approximate surface area is 120 Å². The third-order valence-electron chi connectivity index (χ3n) is 2.94. The molecule has 3 nitrogen and oxygen atoms in total. The van der Waals surface area contributed by atoms with Crippen LogP contribution in [0.25, 0.3) is 0 Å². The SMILES string of the molecule is COc1ccc(Br)cc1SCC(=O)N1CCCC1. The van der Waals surface area contributed by atoms with Gasteiger partial charge in [0.2, 0.25) is 5.91 Å². The maximum absolute atomic E-state index is 12.0. The summed E-state index contributed by atoms with van der Waals surface area (Å²) in [5.74, 6) is 1.52. The van der Waals surface area contributed by atoms with Gasteiger partial charge in [-0.05, 0) is 31.0 Å². The van der Waals surface area contributed by atoms with E-state index in [4.69, 9.17) is 4.74 Å². The van der Waals surface area contributed by atoms with Gasteiger partial charge in [0.1, 0.15) is 5.75 Å². The Balaban J connectivity index is 1.96. The van der Waals surface area contributed by atoms with Crippen molar-refractivity contribution in [3.8, 4) is 5.75 Å². The second-order valence-electron chi connectivity index (χ2n) is 4.17. The molecule has 0 aliphatic carbocycles. The third-order valence-corrected chi connectivity index (χ3v) is 4.45. The molecule has 5 heteroatoms. The molecule has 0 spiro atoms. The zero-order valence-corrected chi connectivity index (χ0v) is 12.7. The minimum absolute atomic E-state index is 0.222. The van der Waals surface area contributed by atoms with Crippen molar-refractivity contribution in [2.24, 2.45) is 0 Å². The van der Waals surface area contributed by atoms with Crippen molar-refractivity contribution in [1.29, 1.82) is 0 Å². The standard InChI is InChI=1S/C13H16BrNO2S/c1-17-11-5-4-10(14)8-12(11)18-9-13(16)15-6-2-3-7-15/h4-5,8H,2-3,6-7,9H2,1H3. The first-order chi connectivity index (χ1) is 8.70. The lowest BCUT2D eigenvalue weighted by atomic mass is 10.3. The highest BCUT2D eigenvalue weighted by Crippen LogP contribution is 2.32. The van der Waals surface area contributed by atoms with Gasteiger partial charge < -0.3 is 9.64 Å². The van der Waals surface area contributed by atoms with Crippen molar-refractivity contribution in [2.45, 2.75) is 17.7 Å². The molecule has 1 amide bonds. The van der Waals surface area contributed by atoms with Crippen LogP contribution in [0.15, 0.2) is 27.6 Å². The van der Waals surface area contributed by atoms with Gasteiger partial charge in [0.15, 0.2) is 0 Å². The Kier molecular flexibility index (Phi) is 4.95. The highest BCUT2D eigenvalue weighted by atomic mass is 79.9. The van der Waals surface area contributed by atoms with E-state index in [9.17, 15) is 4.79 Å². The number of carbonyl (C=O) groups is 1. The number of hydrogen-bond acceptors (Lipinski definition) is 3. The molecule has 2 rings (SSSR count). The summed E-state index contributed by atoms with van der Waals surface area (Å²) >= 11 is 4.97. The smallest absolute Gasteiger partial charge is 0.232 e. The van der Waals surface area contributed by atoms with E-state index in [0.29, 0.717) is 5.75 Å². The molecular formula is C13H16BrNO2S. The van der Waals surface area contributed by atoms with Crippen molar-refractivity contribution in [3.63, 3.8) is 0 Å². The summed E-state index contributed by atoms with van der Waals surface area (Å²) in [7, 11) is 1.65. The first kappa shape index (κ1) is 13.7. The van der Waals surface area contributed by atoms with Crippen molar-refractivity contribution in [2.75, 3.05) is 26.0 Å². The van der Waals surface area contributed by atoms with Crippen LogP contribution >= 0.6 is 27.7 Å². The van der Waals surface area contributed by atoms with Gasteiger partial charge in [0, 0.05) is 17.6 Å². The van der Waals surface area contributed by atoms with Crippen molar-refractivity contribution in [1.82, 2.24) is 4.90 Å². The third kappa shape index (κ3) is 3.42. The van der Waals surface area contributed by atoms with E-state index in [1.807, 2.05) is 23.1 Å². The van der Waals surface area contributed by atoms with Crippen LogP contribution in [-0.4, -0.2) is 36.8 Å². The average Bonchev–Trinajstić information content (AvgIpc) is 2.90. The van der Waals surface area contributed by atoms with Crippen LogP contribution in [-0.2, 0) is 4.79 Å². The van der Waals surface area contributed by atoms with Crippen LogP contribution in [0.4, 0.5) is 0 Å². The van der Waals surface area contributed by atoms with Gasteiger partial charge in [0.25, 0.3) is 0 Å². The maximum atomic E-state index is 12.0. The average molecular weight is 330 g/mol. The number of rotatable bonds is 4. The van der Waals surface area contributed by atoms with Crippen molar-refractivity contribution in [3.05, 3.63) is 22.7 Å². The molecule has 0 atom stereocenters. The Hall–Kier alpha value is -0.680. The first-order valence-corrected chi connectivity index (χ1v) is 7.72. The summed E-state index contributed by atoms with van der Waals surface area (Å²) in [6.07, 6.45) is 2.27. The Morgan fingerprint density at radius 3 is 2.83 bits per heavy atom. The van der Waals surface area contributed by atoms with Crippen LogP contribution in [0.5, 0.6) is 5.75 Å². The molecule has 1 saturated heterocycles. The summed E-state index contributed by atoms with van der Waals surface area (Å²) in [5, 5.41) is 0. The van der Waals surface area contributed by atoms with Crippen LogP contribution in [0.3, 0.4) is 0 Å². The maximum Gasteiger partial charge on any atom is 0.232 e. The van der Waals surface area contributed by atoms with Crippen LogP contribution in [0, 0.1) is 0 Å². The Bertz CT molecular complexity index is 433. The molecule has 0 radical (unpaired) electrons. The number of halogens is 1. The molecule has 1 aromatic carbocycles. The van der Waals surface area contributed by atoms with E-state index < -0.39 is 0 Å². The van der Waals surface area contributed by atoms with E-state index >= 15 is 0 Å². The van der Waals surface area contributed by atoms with Crippen LogP contribution in [0.2, 0.25) is 0 Å². The van der Waals surface area contributed by atoms with Crippen molar-refractivity contribution >= 4 is 33.6 Å². The molecule has 1 fully saturated rings. The minimum atomic E-state index is 0.222. The molecule has 0 unspecified atom stereocenters. The Morgan fingerprint density at radius 2 is 2.17 bits per heavy atom. The predicted molar refractivity (Wildman–Crippen MR) is 77.2 cm³/mol. The zero-order chi connectivity index (χ0) is 13.0. The van der Waals surface area contributed by atoms with Gasteiger partial charge in [-0.25, -0.2) is 0 Å². The van der Waals surface area contributed by atoms with Gasteiger partial charge in [-0.15, -0.1) is 11.8 Å². The molecule has 1 aliphatic heterocycles. The fraction of sp³-hybridized carbons (Fsp3) is 0.462. The van der Waals surface area contributed by atoms with Crippen LogP contribution < -0.4 is 4.74 Å². The molecule has 1 aromatic rings. The summed E-state index contributed by atoms with van der Waals surface area (Å²) in [4.78, 5) is 14.9. The minimum Gasteiger partial charge on any atom is -0.496 e. The Morgan fingerprint density at radius 1 is 1.44 bits per heavy atom. The number of nitrogens with zero attached hydrogens (tertiary/aromatic N) is 1. The van der Waals surface area contributed by atoms with Gasteiger partial charge in [-0.2, -0.15) is 0 Å². The molecule has 0 saturated carbocycles. The fourth-order valence-electron chi connectivity index (χ4n) is 1.96. The number of carbonyl (C=O) groups excluding carboxylic acids is 1. The zero-order valence-electron chi connectivity index (χ0n) is 10.3. The molecular weight excluding hydrogens is 314 g/mol. The highest BCUT2D eigenvalue weighted by Gasteiger charge is 2.18. The molecule has 98 valence electrons. The normalized spacial score (nSPS) is 14.9. The van der Waals surface area contributed by atoms with Crippen LogP contribution in [0.1, 0.15) is 12.8 Å². The number of likely N-dealkylation sites (tertiary alicyclic amines) is 1. The number of hydrogen-bond donors (Lipinski definition) is 0. The highest BCUT2D eigenvalue weighted by molar-refractivity contribution is 9.10. The largest absolute Gasteiger partial charge is 0.496 e. The summed E-state index contributed by atoms with van der Waals surface area (Å²) in [6.45, 7) is 1.82. The number of benzene rings is 1. The van der Waals surface area contributed by atoms with E-state index in [-0.39, 0.29) is 5.91 Å². The second-order valence-corrected chi connectivity index (χ2v) is 6.10. The molecule has 1 heterocycles. The van der Waals surface area contributed by atoms with Gasteiger partial charge in [0.05, 0.1) is 17.8 Å². The lowest BCUT2D eigenvalue weighted by molar-refractivity contribution is -0.127. The summed E-state index contributed by atoms with van der Waals surface area (Å²) in [5.41, 5.74) is 0. The number of methoxy groups -OCH3 is 1. The van der Waals surface area contributed by atoms with E-state index in [1.54, 1.807) is 7.11 Å². The first-order valence-electron chi connectivity index (χ1n) is 5.95. The number of amides is 1. The van der Waals surface area contributed by atoms with Gasteiger partial charge in [-0.3, -0.25) is 4.79 Å². The molecule has 18 heavy (non-hydrogen) atoms. The van der Waals surface area contributed by atoms with Gasteiger partial charge in [-0.1, -0.05) is 15.9 Å². The number of thioether (sulfide) groups is 1. The monoisotopic (exact) mass is 329 g/mol. The van der Waals surface area contributed by atoms with E-state index in [0.717, 1.165) is 41.0 Å². The van der Waals surface area contributed by atoms with Crippen molar-refractivity contribution < 1.29 is 9.53 Å². The molecule has 1 aliphatic rings. The molecule has 0 bridgehead atoms. The topological polar surface area (TPSA) is 29.5 Å². The van der Waals surface area contributed by atoms with Gasteiger partial charge >= 0.3 is 0 Å².